The molecule has 7 heteroatoms. The summed E-state index contributed by atoms with van der Waals surface area (Å²) in [4.78, 5) is 17.1. The van der Waals surface area contributed by atoms with E-state index in [0.29, 0.717) is 6.54 Å². The van der Waals surface area contributed by atoms with Gasteiger partial charge in [0.25, 0.3) is 5.91 Å². The maximum atomic E-state index is 14.0. The summed E-state index contributed by atoms with van der Waals surface area (Å²) in [6.45, 7) is 5.19. The van der Waals surface area contributed by atoms with Gasteiger partial charge in [-0.15, -0.1) is 0 Å². The van der Waals surface area contributed by atoms with Crippen LogP contribution in [0.25, 0.3) is 0 Å². The van der Waals surface area contributed by atoms with Gasteiger partial charge in [0, 0.05) is 24.0 Å². The van der Waals surface area contributed by atoms with Crippen LogP contribution in [0, 0.1) is 12.7 Å². The molecule has 6 nitrogen and oxygen atoms in total. The monoisotopic (exact) mass is 393 g/mol. The van der Waals surface area contributed by atoms with Crippen LogP contribution in [0.2, 0.25) is 0 Å². The van der Waals surface area contributed by atoms with Crippen molar-refractivity contribution in [3.63, 3.8) is 0 Å². The first-order valence-corrected chi connectivity index (χ1v) is 9.52. The highest BCUT2D eigenvalue weighted by Gasteiger charge is 2.14. The minimum atomic E-state index is -0.583. The van der Waals surface area contributed by atoms with E-state index in [1.54, 1.807) is 12.1 Å². The van der Waals surface area contributed by atoms with Crippen LogP contribution < -0.4 is 10.6 Å². The molecule has 1 aromatic heterocycles. The second-order valence-corrected chi connectivity index (χ2v) is 6.59. The number of halogens is 1. The summed E-state index contributed by atoms with van der Waals surface area (Å²) in [7, 11) is 0. The van der Waals surface area contributed by atoms with Gasteiger partial charge in [-0.1, -0.05) is 37.3 Å². The molecule has 2 N–H and O–H groups in total. The number of guanidine groups is 1. The Morgan fingerprint density at radius 2 is 1.86 bits per heavy atom. The van der Waals surface area contributed by atoms with Gasteiger partial charge >= 0.3 is 0 Å². The molecule has 3 rings (SSSR count). The molecule has 0 aliphatic rings. The number of hydrogen-bond donors (Lipinski definition) is 2. The van der Waals surface area contributed by atoms with Gasteiger partial charge in [0.1, 0.15) is 5.82 Å². The van der Waals surface area contributed by atoms with Gasteiger partial charge in [-0.3, -0.25) is 14.8 Å². The summed E-state index contributed by atoms with van der Waals surface area (Å²) in [6, 6.07) is 15.2. The van der Waals surface area contributed by atoms with E-state index < -0.39 is 11.7 Å². The quantitative estimate of drug-likeness (QED) is 0.488. The third-order valence-corrected chi connectivity index (χ3v) is 4.30. The summed E-state index contributed by atoms with van der Waals surface area (Å²) in [5, 5.41) is 10.2. The number of para-hydroxylation sites is 1. The zero-order valence-electron chi connectivity index (χ0n) is 16.5. The first-order valence-electron chi connectivity index (χ1n) is 9.52. The number of carbonyl (C=O) groups excluding carboxylic acids is 1. The normalized spacial score (nSPS) is 11.3. The van der Waals surface area contributed by atoms with Gasteiger partial charge in [-0.05, 0) is 37.6 Å². The lowest BCUT2D eigenvalue weighted by Crippen LogP contribution is -2.36. The number of aliphatic imine (C=N–C) groups is 1. The number of aryl methyl sites for hydroxylation is 2. The molecule has 0 radical (unpaired) electrons. The standard InChI is InChI=1S/C22H24FN5O/c1-3-13-28-15-17(16(2)27-28)14-24-22(25-18-9-5-4-6-10-18)26-21(29)19-11-7-8-12-20(19)23/h4-12,15H,3,13-14H2,1-2H3,(H2,24,25,26,29). The third-order valence-electron chi connectivity index (χ3n) is 4.30. The maximum absolute atomic E-state index is 14.0. The highest BCUT2D eigenvalue weighted by Crippen LogP contribution is 2.10. The van der Waals surface area contributed by atoms with Crippen molar-refractivity contribution in [1.82, 2.24) is 15.1 Å². The van der Waals surface area contributed by atoms with Crippen molar-refractivity contribution in [3.8, 4) is 0 Å². The molecule has 0 aliphatic carbocycles. The Morgan fingerprint density at radius 1 is 1.14 bits per heavy atom. The first kappa shape index (κ1) is 20.3. The topological polar surface area (TPSA) is 71.3 Å². The molecule has 0 atom stereocenters. The Morgan fingerprint density at radius 3 is 2.59 bits per heavy atom. The van der Waals surface area contributed by atoms with Crippen LogP contribution >= 0.6 is 0 Å². The molecule has 0 saturated heterocycles. The minimum absolute atomic E-state index is 0.0398. The van der Waals surface area contributed by atoms with Crippen LogP contribution in [0.3, 0.4) is 0 Å². The van der Waals surface area contributed by atoms with E-state index in [1.165, 1.54) is 12.1 Å². The van der Waals surface area contributed by atoms with Gasteiger partial charge in [0.05, 0.1) is 17.8 Å². The highest BCUT2D eigenvalue weighted by molar-refractivity contribution is 6.10. The molecular weight excluding hydrogens is 369 g/mol. The van der Waals surface area contributed by atoms with Gasteiger partial charge in [0.2, 0.25) is 5.96 Å². The third kappa shape index (κ3) is 5.51. The molecule has 0 fully saturated rings. The molecule has 1 amide bonds. The molecule has 3 aromatic rings. The molecule has 0 unspecified atom stereocenters. The lowest BCUT2D eigenvalue weighted by molar-refractivity contribution is 0.0973. The van der Waals surface area contributed by atoms with Crippen molar-refractivity contribution < 1.29 is 9.18 Å². The van der Waals surface area contributed by atoms with Gasteiger partial charge < -0.3 is 5.32 Å². The van der Waals surface area contributed by atoms with Crippen molar-refractivity contribution in [2.75, 3.05) is 5.32 Å². The van der Waals surface area contributed by atoms with E-state index in [-0.39, 0.29) is 11.5 Å². The number of carbonyl (C=O) groups is 1. The SMILES string of the molecule is CCCn1cc(CN=C(NC(=O)c2ccccc2F)Nc2ccccc2)c(C)n1. The summed E-state index contributed by atoms with van der Waals surface area (Å²) in [5.74, 6) is -0.906. The molecule has 150 valence electrons. The fourth-order valence-electron chi connectivity index (χ4n) is 2.81. The Balaban J connectivity index is 1.81. The molecule has 0 aliphatic heterocycles. The van der Waals surface area contributed by atoms with E-state index in [4.69, 9.17) is 0 Å². The van der Waals surface area contributed by atoms with Gasteiger partial charge in [-0.25, -0.2) is 9.38 Å². The van der Waals surface area contributed by atoms with Crippen LogP contribution in [0.4, 0.5) is 10.1 Å². The largest absolute Gasteiger partial charge is 0.326 e. The molecule has 0 spiro atoms. The lowest BCUT2D eigenvalue weighted by Gasteiger charge is -2.12. The van der Waals surface area contributed by atoms with Crippen LogP contribution in [0.1, 0.15) is 35.0 Å². The number of rotatable bonds is 6. The van der Waals surface area contributed by atoms with Gasteiger partial charge in [-0.2, -0.15) is 5.10 Å². The Labute approximate surface area is 169 Å². The second-order valence-electron chi connectivity index (χ2n) is 6.59. The molecular formula is C22H24FN5O. The molecule has 1 heterocycles. The summed E-state index contributed by atoms with van der Waals surface area (Å²) in [5.41, 5.74) is 2.58. The number of benzene rings is 2. The van der Waals surface area contributed by atoms with Crippen molar-refractivity contribution >= 4 is 17.6 Å². The number of anilines is 1. The number of hydrogen-bond acceptors (Lipinski definition) is 3. The number of nitrogens with zero attached hydrogens (tertiary/aromatic N) is 3. The fourth-order valence-corrected chi connectivity index (χ4v) is 2.81. The number of amides is 1. The predicted octanol–water partition coefficient (Wildman–Crippen LogP) is 4.14. The zero-order chi connectivity index (χ0) is 20.6. The van der Waals surface area contributed by atoms with E-state index in [0.717, 1.165) is 29.9 Å². The Hall–Kier alpha value is -3.48. The van der Waals surface area contributed by atoms with Crippen LogP contribution in [0.5, 0.6) is 0 Å². The average molecular weight is 393 g/mol. The van der Waals surface area contributed by atoms with Crippen LogP contribution in [0.15, 0.2) is 65.8 Å². The smallest absolute Gasteiger partial charge is 0.260 e. The highest BCUT2D eigenvalue weighted by atomic mass is 19.1. The fraction of sp³-hybridized carbons (Fsp3) is 0.227. The Bertz CT molecular complexity index is 997. The average Bonchev–Trinajstić information content (AvgIpc) is 3.06. The number of nitrogens with one attached hydrogen (secondary N) is 2. The minimum Gasteiger partial charge on any atom is -0.326 e. The van der Waals surface area contributed by atoms with E-state index in [9.17, 15) is 9.18 Å². The molecule has 0 saturated carbocycles. The summed E-state index contributed by atoms with van der Waals surface area (Å²) < 4.78 is 15.9. The number of aromatic nitrogens is 2. The maximum Gasteiger partial charge on any atom is 0.260 e. The summed E-state index contributed by atoms with van der Waals surface area (Å²) >= 11 is 0. The van der Waals surface area contributed by atoms with Crippen LogP contribution in [-0.2, 0) is 13.1 Å². The first-order chi connectivity index (χ1) is 14.1. The van der Waals surface area contributed by atoms with E-state index in [2.05, 4.69) is 27.6 Å². The van der Waals surface area contributed by atoms with Crippen molar-refractivity contribution in [2.24, 2.45) is 4.99 Å². The van der Waals surface area contributed by atoms with E-state index in [1.807, 2.05) is 48.1 Å². The van der Waals surface area contributed by atoms with Crippen LogP contribution in [-0.4, -0.2) is 21.6 Å². The summed E-state index contributed by atoms with van der Waals surface area (Å²) in [6.07, 6.45) is 2.95. The molecule has 0 bridgehead atoms. The second kappa shape index (κ2) is 9.64. The Kier molecular flexibility index (Phi) is 6.73. The predicted molar refractivity (Wildman–Crippen MR) is 112 cm³/mol. The van der Waals surface area contributed by atoms with Crippen molar-refractivity contribution in [3.05, 3.63) is 83.4 Å². The van der Waals surface area contributed by atoms with Gasteiger partial charge in [0.15, 0.2) is 0 Å². The molecule has 29 heavy (non-hydrogen) atoms. The van der Waals surface area contributed by atoms with Crippen molar-refractivity contribution in [2.45, 2.75) is 33.4 Å². The lowest BCUT2D eigenvalue weighted by atomic mass is 10.2. The van der Waals surface area contributed by atoms with E-state index >= 15 is 0 Å². The van der Waals surface area contributed by atoms with Crippen molar-refractivity contribution in [1.29, 1.82) is 0 Å². The zero-order valence-corrected chi connectivity index (χ0v) is 16.5. The molecule has 2 aromatic carbocycles.